The molecule has 0 aliphatic carbocycles. The van der Waals surface area contributed by atoms with Crippen molar-refractivity contribution in [1.29, 1.82) is 0 Å². The normalized spacial score (nSPS) is 19.2. The standard InChI is InChI=1S/C25H29ClN2O3/c26-22-11-9-20(10-12-22)24(29)28-15-5-6-19(17-28)18-31-23-8-4-7-21(16-23)25(30)27-13-2-1-3-14-27/h4,7-12,16,19H,1-3,5-6,13-15,17-18H2/t19-/m0/s1. The van der Waals surface area contributed by atoms with Crippen LogP contribution in [0, 0.1) is 5.92 Å². The molecule has 0 radical (unpaired) electrons. The number of halogens is 1. The molecule has 2 saturated heterocycles. The fourth-order valence-corrected chi connectivity index (χ4v) is 4.50. The van der Waals surface area contributed by atoms with Gasteiger partial charge in [-0.05, 0) is 74.6 Å². The van der Waals surface area contributed by atoms with Gasteiger partial charge in [0.25, 0.3) is 11.8 Å². The van der Waals surface area contributed by atoms with Crippen molar-refractivity contribution in [3.63, 3.8) is 0 Å². The van der Waals surface area contributed by atoms with E-state index >= 15 is 0 Å². The number of hydrogen-bond acceptors (Lipinski definition) is 3. The Labute approximate surface area is 188 Å². The Morgan fingerprint density at radius 2 is 1.58 bits per heavy atom. The predicted molar refractivity (Wildman–Crippen MR) is 122 cm³/mol. The Bertz CT molecular complexity index is 909. The maximum absolute atomic E-state index is 12.8. The fourth-order valence-electron chi connectivity index (χ4n) is 4.37. The van der Waals surface area contributed by atoms with Crippen LogP contribution in [0.25, 0.3) is 0 Å². The lowest BCUT2D eigenvalue weighted by Gasteiger charge is -2.32. The molecule has 31 heavy (non-hydrogen) atoms. The van der Waals surface area contributed by atoms with E-state index in [1.807, 2.05) is 34.1 Å². The lowest BCUT2D eigenvalue weighted by molar-refractivity contribution is 0.0631. The molecule has 1 atom stereocenters. The summed E-state index contributed by atoms with van der Waals surface area (Å²) in [7, 11) is 0. The van der Waals surface area contributed by atoms with Gasteiger partial charge in [0.05, 0.1) is 6.61 Å². The zero-order valence-corrected chi connectivity index (χ0v) is 18.5. The summed E-state index contributed by atoms with van der Waals surface area (Å²) in [6, 6.07) is 14.5. The third-order valence-electron chi connectivity index (χ3n) is 6.11. The van der Waals surface area contributed by atoms with E-state index in [2.05, 4.69) is 0 Å². The molecule has 2 aromatic carbocycles. The number of ether oxygens (including phenoxy) is 1. The van der Waals surface area contributed by atoms with Gasteiger partial charge in [-0.15, -0.1) is 0 Å². The van der Waals surface area contributed by atoms with Crippen LogP contribution in [0.15, 0.2) is 48.5 Å². The highest BCUT2D eigenvalue weighted by molar-refractivity contribution is 6.30. The predicted octanol–water partition coefficient (Wildman–Crippen LogP) is 4.90. The number of piperidine rings is 2. The zero-order valence-electron chi connectivity index (χ0n) is 17.8. The molecule has 0 unspecified atom stereocenters. The van der Waals surface area contributed by atoms with Gasteiger partial charge in [-0.2, -0.15) is 0 Å². The monoisotopic (exact) mass is 440 g/mol. The van der Waals surface area contributed by atoms with E-state index in [0.717, 1.165) is 45.3 Å². The summed E-state index contributed by atoms with van der Waals surface area (Å²) in [5.41, 5.74) is 1.34. The van der Waals surface area contributed by atoms with E-state index in [9.17, 15) is 9.59 Å². The van der Waals surface area contributed by atoms with Crippen molar-refractivity contribution in [3.05, 3.63) is 64.7 Å². The van der Waals surface area contributed by atoms with Gasteiger partial charge < -0.3 is 14.5 Å². The number of benzene rings is 2. The van der Waals surface area contributed by atoms with Crippen molar-refractivity contribution in [2.75, 3.05) is 32.8 Å². The van der Waals surface area contributed by atoms with Crippen LogP contribution in [0.5, 0.6) is 5.75 Å². The van der Waals surface area contributed by atoms with Crippen LogP contribution < -0.4 is 4.74 Å². The maximum atomic E-state index is 12.8. The van der Waals surface area contributed by atoms with Crippen LogP contribution in [0.1, 0.15) is 52.8 Å². The summed E-state index contributed by atoms with van der Waals surface area (Å²) < 4.78 is 6.05. The number of amides is 2. The number of likely N-dealkylation sites (tertiary alicyclic amines) is 2. The number of hydrogen-bond donors (Lipinski definition) is 0. The van der Waals surface area contributed by atoms with E-state index in [4.69, 9.17) is 16.3 Å². The smallest absolute Gasteiger partial charge is 0.253 e. The Morgan fingerprint density at radius 1 is 0.871 bits per heavy atom. The second-order valence-electron chi connectivity index (χ2n) is 8.46. The van der Waals surface area contributed by atoms with Crippen LogP contribution in [0.3, 0.4) is 0 Å². The Kier molecular flexibility index (Phi) is 7.13. The molecule has 0 aromatic heterocycles. The summed E-state index contributed by atoms with van der Waals surface area (Å²) in [4.78, 5) is 29.4. The average Bonchev–Trinajstić information content (AvgIpc) is 2.83. The molecule has 0 N–H and O–H groups in total. The number of nitrogens with zero attached hydrogens (tertiary/aromatic N) is 2. The van der Waals surface area contributed by atoms with Gasteiger partial charge >= 0.3 is 0 Å². The quantitative estimate of drug-likeness (QED) is 0.664. The summed E-state index contributed by atoms with van der Waals surface area (Å²) in [6.07, 6.45) is 5.34. The van der Waals surface area contributed by atoms with Gasteiger partial charge in [0.15, 0.2) is 0 Å². The Morgan fingerprint density at radius 3 is 2.35 bits per heavy atom. The first kappa shape index (κ1) is 21.7. The topological polar surface area (TPSA) is 49.9 Å². The first-order valence-electron chi connectivity index (χ1n) is 11.2. The number of carbonyl (C=O) groups excluding carboxylic acids is 2. The molecule has 2 fully saturated rings. The summed E-state index contributed by atoms with van der Waals surface area (Å²) in [5, 5.41) is 0.627. The third kappa shape index (κ3) is 5.59. The molecular weight excluding hydrogens is 412 g/mol. The van der Waals surface area contributed by atoms with Gasteiger partial charge in [-0.1, -0.05) is 17.7 Å². The van der Waals surface area contributed by atoms with Gasteiger partial charge in [-0.3, -0.25) is 9.59 Å². The molecule has 0 saturated carbocycles. The summed E-state index contributed by atoms with van der Waals surface area (Å²) in [5.74, 6) is 1.11. The molecule has 5 nitrogen and oxygen atoms in total. The molecule has 0 spiro atoms. The van der Waals surface area contributed by atoms with Gasteiger partial charge in [0.1, 0.15) is 5.75 Å². The minimum Gasteiger partial charge on any atom is -0.493 e. The third-order valence-corrected chi connectivity index (χ3v) is 6.36. The molecule has 6 heteroatoms. The van der Waals surface area contributed by atoms with Crippen LogP contribution in [-0.4, -0.2) is 54.4 Å². The van der Waals surface area contributed by atoms with Crippen LogP contribution in [0.4, 0.5) is 0 Å². The molecule has 2 aliphatic heterocycles. The van der Waals surface area contributed by atoms with Crippen molar-refractivity contribution in [1.82, 2.24) is 9.80 Å². The van der Waals surface area contributed by atoms with E-state index in [1.165, 1.54) is 6.42 Å². The molecule has 0 bridgehead atoms. The summed E-state index contributed by atoms with van der Waals surface area (Å²) >= 11 is 5.93. The van der Waals surface area contributed by atoms with Gasteiger partial charge in [-0.25, -0.2) is 0 Å². The lowest BCUT2D eigenvalue weighted by Crippen LogP contribution is -2.41. The molecule has 2 aromatic rings. The first-order chi connectivity index (χ1) is 15.1. The second-order valence-corrected chi connectivity index (χ2v) is 8.89. The summed E-state index contributed by atoms with van der Waals surface area (Å²) in [6.45, 7) is 3.64. The number of carbonyl (C=O) groups is 2. The highest BCUT2D eigenvalue weighted by atomic mass is 35.5. The highest BCUT2D eigenvalue weighted by Crippen LogP contribution is 2.22. The molecule has 2 heterocycles. The molecular formula is C25H29ClN2O3. The van der Waals surface area contributed by atoms with E-state index in [-0.39, 0.29) is 17.7 Å². The van der Waals surface area contributed by atoms with Crippen LogP contribution in [-0.2, 0) is 0 Å². The van der Waals surface area contributed by atoms with Crippen LogP contribution >= 0.6 is 11.6 Å². The average molecular weight is 441 g/mol. The number of rotatable bonds is 5. The molecule has 4 rings (SSSR count). The van der Waals surface area contributed by atoms with Crippen molar-refractivity contribution < 1.29 is 14.3 Å². The van der Waals surface area contributed by atoms with Crippen molar-refractivity contribution >= 4 is 23.4 Å². The Balaban J connectivity index is 1.33. The van der Waals surface area contributed by atoms with E-state index in [1.54, 1.807) is 24.3 Å². The second kappa shape index (κ2) is 10.2. The first-order valence-corrected chi connectivity index (χ1v) is 11.5. The van der Waals surface area contributed by atoms with Crippen molar-refractivity contribution in [3.8, 4) is 5.75 Å². The molecule has 2 amide bonds. The SMILES string of the molecule is O=C(c1cccc(OC[C@H]2CCCN(C(=O)c3ccc(Cl)cc3)C2)c1)N1CCCCC1. The highest BCUT2D eigenvalue weighted by Gasteiger charge is 2.25. The van der Waals surface area contributed by atoms with Crippen molar-refractivity contribution in [2.45, 2.75) is 32.1 Å². The van der Waals surface area contributed by atoms with Crippen molar-refractivity contribution in [2.24, 2.45) is 5.92 Å². The molecule has 2 aliphatic rings. The maximum Gasteiger partial charge on any atom is 0.253 e. The lowest BCUT2D eigenvalue weighted by atomic mass is 9.98. The minimum atomic E-state index is 0.0375. The molecule has 164 valence electrons. The van der Waals surface area contributed by atoms with E-state index < -0.39 is 0 Å². The zero-order chi connectivity index (χ0) is 21.6. The van der Waals surface area contributed by atoms with Gasteiger partial charge in [0, 0.05) is 48.2 Å². The van der Waals surface area contributed by atoms with Gasteiger partial charge in [0.2, 0.25) is 0 Å². The fraction of sp³-hybridized carbons (Fsp3) is 0.440. The van der Waals surface area contributed by atoms with Crippen LogP contribution in [0.2, 0.25) is 5.02 Å². The minimum absolute atomic E-state index is 0.0375. The largest absolute Gasteiger partial charge is 0.493 e. The van der Waals surface area contributed by atoms with E-state index in [0.29, 0.717) is 35.1 Å². The Hall–Kier alpha value is -2.53.